The normalized spacial score (nSPS) is 14.5. The third-order valence-corrected chi connectivity index (χ3v) is 3.67. The Morgan fingerprint density at radius 3 is 2.71 bits per heavy atom. The molecular weight excluding hydrogens is 235 g/mol. The van der Waals surface area contributed by atoms with E-state index in [1.54, 1.807) is 36.5 Å². The van der Waals surface area contributed by atoms with Gasteiger partial charge in [0.25, 0.3) is 0 Å². The molecule has 0 aliphatic rings. The maximum atomic E-state index is 13.6. The van der Waals surface area contributed by atoms with Gasteiger partial charge in [-0.3, -0.25) is 0 Å². The fourth-order valence-electron chi connectivity index (χ4n) is 1.86. The molecule has 1 heterocycles. The van der Waals surface area contributed by atoms with Crippen molar-refractivity contribution in [2.45, 2.75) is 25.4 Å². The molecule has 1 unspecified atom stereocenters. The zero-order valence-corrected chi connectivity index (χ0v) is 10.5. The van der Waals surface area contributed by atoms with Crippen LogP contribution >= 0.6 is 11.3 Å². The molecule has 0 fully saturated rings. The summed E-state index contributed by atoms with van der Waals surface area (Å²) < 4.78 is 13.6. The number of aliphatic hydroxyl groups is 1. The molecule has 90 valence electrons. The number of hydrogen-bond donors (Lipinski definition) is 1. The molecule has 0 spiro atoms. The molecule has 0 bridgehead atoms. The molecule has 0 aliphatic carbocycles. The van der Waals surface area contributed by atoms with Crippen molar-refractivity contribution < 1.29 is 9.50 Å². The zero-order valence-electron chi connectivity index (χ0n) is 9.69. The summed E-state index contributed by atoms with van der Waals surface area (Å²) in [5.74, 6) is -0.345. The van der Waals surface area contributed by atoms with Gasteiger partial charge in [0.05, 0.1) is 5.60 Å². The van der Waals surface area contributed by atoms with Gasteiger partial charge in [-0.2, -0.15) is 11.3 Å². The van der Waals surface area contributed by atoms with Crippen LogP contribution in [0.15, 0.2) is 41.1 Å². The lowest BCUT2D eigenvalue weighted by Gasteiger charge is -2.24. The van der Waals surface area contributed by atoms with Crippen LogP contribution in [0.5, 0.6) is 0 Å². The van der Waals surface area contributed by atoms with E-state index < -0.39 is 5.60 Å². The minimum atomic E-state index is -1.12. The van der Waals surface area contributed by atoms with E-state index in [1.807, 2.05) is 11.4 Å². The number of benzene rings is 1. The van der Waals surface area contributed by atoms with Gasteiger partial charge in [-0.25, -0.2) is 4.39 Å². The largest absolute Gasteiger partial charge is 0.385 e. The third kappa shape index (κ3) is 2.93. The Labute approximate surface area is 105 Å². The van der Waals surface area contributed by atoms with Gasteiger partial charge in [0, 0.05) is 5.56 Å². The van der Waals surface area contributed by atoms with Gasteiger partial charge in [-0.1, -0.05) is 18.2 Å². The SMILES string of the molecule is CC(O)(CCc1ccsc1)c1ccccc1F. The topological polar surface area (TPSA) is 20.2 Å². The Balaban J connectivity index is 2.11. The fourth-order valence-corrected chi connectivity index (χ4v) is 2.56. The predicted molar refractivity (Wildman–Crippen MR) is 68.6 cm³/mol. The summed E-state index contributed by atoms with van der Waals surface area (Å²) in [7, 11) is 0. The molecule has 3 heteroatoms. The van der Waals surface area contributed by atoms with Gasteiger partial charge >= 0.3 is 0 Å². The lowest BCUT2D eigenvalue weighted by molar-refractivity contribution is 0.0444. The van der Waals surface area contributed by atoms with Crippen molar-refractivity contribution in [2.75, 3.05) is 0 Å². The molecule has 1 aromatic heterocycles. The number of rotatable bonds is 4. The number of aryl methyl sites for hydroxylation is 1. The van der Waals surface area contributed by atoms with Crippen LogP contribution in [-0.2, 0) is 12.0 Å². The summed E-state index contributed by atoms with van der Waals surface area (Å²) in [4.78, 5) is 0. The molecule has 17 heavy (non-hydrogen) atoms. The molecule has 1 atom stereocenters. The molecular formula is C14H15FOS. The summed E-state index contributed by atoms with van der Waals surface area (Å²) in [6, 6.07) is 8.44. The van der Waals surface area contributed by atoms with Crippen molar-refractivity contribution in [1.82, 2.24) is 0 Å². The smallest absolute Gasteiger partial charge is 0.129 e. The Bertz CT molecular complexity index is 477. The van der Waals surface area contributed by atoms with Gasteiger partial charge in [0.2, 0.25) is 0 Å². The maximum Gasteiger partial charge on any atom is 0.129 e. The highest BCUT2D eigenvalue weighted by Gasteiger charge is 2.25. The van der Waals surface area contributed by atoms with Crippen LogP contribution in [-0.4, -0.2) is 5.11 Å². The summed E-state index contributed by atoms with van der Waals surface area (Å²) in [6.07, 6.45) is 1.27. The summed E-state index contributed by atoms with van der Waals surface area (Å²) >= 11 is 1.63. The van der Waals surface area contributed by atoms with Crippen LogP contribution in [0.4, 0.5) is 4.39 Å². The van der Waals surface area contributed by atoms with Crippen molar-refractivity contribution in [3.63, 3.8) is 0 Å². The monoisotopic (exact) mass is 250 g/mol. The van der Waals surface area contributed by atoms with Crippen LogP contribution < -0.4 is 0 Å². The van der Waals surface area contributed by atoms with E-state index in [9.17, 15) is 9.50 Å². The highest BCUT2D eigenvalue weighted by atomic mass is 32.1. The van der Waals surface area contributed by atoms with E-state index in [1.165, 1.54) is 11.6 Å². The Kier molecular flexibility index (Phi) is 3.60. The molecule has 1 N–H and O–H groups in total. The van der Waals surface area contributed by atoms with Gasteiger partial charge in [-0.15, -0.1) is 0 Å². The van der Waals surface area contributed by atoms with Crippen molar-refractivity contribution in [1.29, 1.82) is 0 Å². The first-order chi connectivity index (χ1) is 8.09. The van der Waals surface area contributed by atoms with Crippen molar-refractivity contribution in [3.05, 3.63) is 58.0 Å². The van der Waals surface area contributed by atoms with Crippen molar-refractivity contribution in [2.24, 2.45) is 0 Å². The van der Waals surface area contributed by atoms with E-state index >= 15 is 0 Å². The van der Waals surface area contributed by atoms with E-state index in [0.717, 1.165) is 6.42 Å². The third-order valence-electron chi connectivity index (χ3n) is 2.93. The predicted octanol–water partition coefficient (Wildman–Crippen LogP) is 3.73. The van der Waals surface area contributed by atoms with Crippen LogP contribution in [0.25, 0.3) is 0 Å². The molecule has 1 aromatic carbocycles. The lowest BCUT2D eigenvalue weighted by Crippen LogP contribution is -2.23. The average Bonchev–Trinajstić information content (AvgIpc) is 2.80. The first kappa shape index (κ1) is 12.3. The van der Waals surface area contributed by atoms with E-state index in [2.05, 4.69) is 5.38 Å². The number of halogens is 1. The quantitative estimate of drug-likeness (QED) is 0.876. The molecule has 0 radical (unpaired) electrons. The van der Waals surface area contributed by atoms with Crippen molar-refractivity contribution in [3.8, 4) is 0 Å². The van der Waals surface area contributed by atoms with E-state index in [-0.39, 0.29) is 5.82 Å². The van der Waals surface area contributed by atoms with Crippen LogP contribution in [0.2, 0.25) is 0 Å². The minimum Gasteiger partial charge on any atom is -0.385 e. The van der Waals surface area contributed by atoms with Crippen LogP contribution in [0, 0.1) is 5.82 Å². The lowest BCUT2D eigenvalue weighted by atomic mass is 9.89. The highest BCUT2D eigenvalue weighted by molar-refractivity contribution is 7.07. The van der Waals surface area contributed by atoms with Crippen molar-refractivity contribution >= 4 is 11.3 Å². The van der Waals surface area contributed by atoms with Gasteiger partial charge in [0.1, 0.15) is 5.82 Å². The van der Waals surface area contributed by atoms with Gasteiger partial charge in [0.15, 0.2) is 0 Å². The van der Waals surface area contributed by atoms with E-state index in [0.29, 0.717) is 12.0 Å². The number of thiophene rings is 1. The molecule has 0 amide bonds. The Hall–Kier alpha value is -1.19. The minimum absolute atomic E-state index is 0.345. The standard InChI is InChI=1S/C14H15FOS/c1-14(16,8-6-11-7-9-17-10-11)12-4-2-3-5-13(12)15/h2-5,7,9-10,16H,6,8H2,1H3. The second kappa shape index (κ2) is 4.98. The van der Waals surface area contributed by atoms with Crippen LogP contribution in [0.1, 0.15) is 24.5 Å². The van der Waals surface area contributed by atoms with Gasteiger partial charge in [-0.05, 0) is 48.2 Å². The maximum absolute atomic E-state index is 13.6. The molecule has 1 nitrogen and oxygen atoms in total. The number of hydrogen-bond acceptors (Lipinski definition) is 2. The Morgan fingerprint density at radius 2 is 2.06 bits per heavy atom. The van der Waals surface area contributed by atoms with Crippen LogP contribution in [0.3, 0.4) is 0 Å². The molecule has 0 aliphatic heterocycles. The van der Waals surface area contributed by atoms with Gasteiger partial charge < -0.3 is 5.11 Å². The second-order valence-corrected chi connectivity index (χ2v) is 5.17. The summed E-state index contributed by atoms with van der Waals surface area (Å²) in [5.41, 5.74) is 0.439. The molecule has 2 aromatic rings. The fraction of sp³-hybridized carbons (Fsp3) is 0.286. The summed E-state index contributed by atoms with van der Waals surface area (Å²) in [6.45, 7) is 1.66. The molecule has 2 rings (SSSR count). The first-order valence-corrected chi connectivity index (χ1v) is 6.52. The zero-order chi connectivity index (χ0) is 12.3. The van der Waals surface area contributed by atoms with E-state index in [4.69, 9.17) is 0 Å². The molecule has 0 saturated carbocycles. The first-order valence-electron chi connectivity index (χ1n) is 5.58. The highest BCUT2D eigenvalue weighted by Crippen LogP contribution is 2.28. The average molecular weight is 250 g/mol. The molecule has 0 saturated heterocycles. The Morgan fingerprint density at radius 1 is 1.29 bits per heavy atom. The second-order valence-electron chi connectivity index (χ2n) is 4.39. The summed E-state index contributed by atoms with van der Waals surface area (Å²) in [5, 5.41) is 14.4.